The number of rotatable bonds is 0. The van der Waals surface area contributed by atoms with E-state index in [9.17, 15) is 0 Å². The number of aliphatic imine (C=N–C) groups is 2. The van der Waals surface area contributed by atoms with Crippen LogP contribution in [0.4, 0.5) is 0 Å². The molecular formula is C7H12N4S. The summed E-state index contributed by atoms with van der Waals surface area (Å²) in [7, 11) is 0. The molecule has 0 aromatic rings. The zero-order chi connectivity index (χ0) is 8.39. The van der Waals surface area contributed by atoms with Gasteiger partial charge in [-0.05, 0) is 6.26 Å². The lowest BCUT2D eigenvalue weighted by Crippen LogP contribution is -2.39. The van der Waals surface area contributed by atoms with Crippen LogP contribution >= 0.6 is 11.8 Å². The van der Waals surface area contributed by atoms with Crippen molar-refractivity contribution in [3.05, 3.63) is 0 Å². The lowest BCUT2D eigenvalue weighted by Gasteiger charge is -2.18. The molecule has 0 amide bonds. The van der Waals surface area contributed by atoms with Gasteiger partial charge in [0.1, 0.15) is 0 Å². The average Bonchev–Trinajstić information content (AvgIpc) is 2.74. The topological polar surface area (TPSA) is 40.0 Å². The third kappa shape index (κ3) is 1.29. The molecule has 0 aromatic heterocycles. The Morgan fingerprint density at radius 3 is 3.00 bits per heavy atom. The minimum Gasteiger partial charge on any atom is -0.354 e. The van der Waals surface area contributed by atoms with Crippen molar-refractivity contribution in [2.75, 3.05) is 32.4 Å². The molecule has 12 heavy (non-hydrogen) atoms. The molecule has 0 fully saturated rings. The zero-order valence-electron chi connectivity index (χ0n) is 7.08. The van der Waals surface area contributed by atoms with E-state index in [0.29, 0.717) is 0 Å². The average molecular weight is 184 g/mol. The van der Waals surface area contributed by atoms with Crippen molar-refractivity contribution in [3.8, 4) is 0 Å². The van der Waals surface area contributed by atoms with Gasteiger partial charge in [-0.1, -0.05) is 11.8 Å². The highest BCUT2D eigenvalue weighted by Gasteiger charge is 2.22. The van der Waals surface area contributed by atoms with Crippen LogP contribution in [0.3, 0.4) is 0 Å². The highest BCUT2D eigenvalue weighted by molar-refractivity contribution is 8.13. The van der Waals surface area contributed by atoms with Gasteiger partial charge in [0.15, 0.2) is 11.1 Å². The quantitative estimate of drug-likeness (QED) is 0.575. The predicted octanol–water partition coefficient (Wildman–Crippen LogP) is -0.0198. The number of guanidine groups is 1. The monoisotopic (exact) mass is 184 g/mol. The minimum absolute atomic E-state index is 0.896. The molecule has 2 rings (SSSR count). The molecule has 66 valence electrons. The van der Waals surface area contributed by atoms with Crippen molar-refractivity contribution in [2.45, 2.75) is 0 Å². The Labute approximate surface area is 76.1 Å². The molecular weight excluding hydrogens is 172 g/mol. The van der Waals surface area contributed by atoms with Crippen molar-refractivity contribution in [1.29, 1.82) is 0 Å². The Balaban J connectivity index is 2.08. The van der Waals surface area contributed by atoms with Gasteiger partial charge in [-0.3, -0.25) is 14.9 Å². The molecule has 4 nitrogen and oxygen atoms in total. The lowest BCUT2D eigenvalue weighted by molar-refractivity contribution is 0.651. The zero-order valence-corrected chi connectivity index (χ0v) is 7.89. The van der Waals surface area contributed by atoms with Crippen molar-refractivity contribution >= 4 is 22.9 Å². The molecule has 0 aliphatic carbocycles. The second-order valence-corrected chi connectivity index (χ2v) is 3.43. The smallest absolute Gasteiger partial charge is 0.200 e. The summed E-state index contributed by atoms with van der Waals surface area (Å²) >= 11 is 1.68. The first-order chi connectivity index (χ1) is 5.92. The summed E-state index contributed by atoms with van der Waals surface area (Å²) in [6.45, 7) is 3.74. The first-order valence-corrected chi connectivity index (χ1v) is 5.28. The number of nitrogens with one attached hydrogen (secondary N) is 1. The molecule has 2 aliphatic rings. The van der Waals surface area contributed by atoms with Crippen LogP contribution in [0.2, 0.25) is 0 Å². The normalized spacial score (nSPS) is 22.2. The largest absolute Gasteiger partial charge is 0.354 e. The highest BCUT2D eigenvalue weighted by Crippen LogP contribution is 2.12. The van der Waals surface area contributed by atoms with Crippen molar-refractivity contribution in [2.24, 2.45) is 9.98 Å². The van der Waals surface area contributed by atoms with E-state index in [0.717, 1.165) is 37.3 Å². The fraction of sp³-hybridized carbons (Fsp3) is 0.714. The molecule has 0 bridgehead atoms. The van der Waals surface area contributed by atoms with Gasteiger partial charge in [0.05, 0.1) is 13.1 Å². The number of amidine groups is 1. The van der Waals surface area contributed by atoms with Crippen LogP contribution in [0.25, 0.3) is 0 Å². The summed E-state index contributed by atoms with van der Waals surface area (Å²) in [5.41, 5.74) is 0. The van der Waals surface area contributed by atoms with Gasteiger partial charge < -0.3 is 5.32 Å². The molecule has 2 aliphatic heterocycles. The number of thioether (sulfide) groups is 1. The van der Waals surface area contributed by atoms with Gasteiger partial charge in [0.25, 0.3) is 0 Å². The Morgan fingerprint density at radius 1 is 1.42 bits per heavy atom. The molecule has 2 heterocycles. The van der Waals surface area contributed by atoms with Gasteiger partial charge in [-0.2, -0.15) is 0 Å². The SMILES string of the molecule is CSC1=NCCN1C1=NCCN1. The third-order valence-corrected chi connectivity index (χ3v) is 2.61. The van der Waals surface area contributed by atoms with E-state index in [4.69, 9.17) is 0 Å². The first-order valence-electron chi connectivity index (χ1n) is 4.06. The van der Waals surface area contributed by atoms with Gasteiger partial charge in [0, 0.05) is 13.1 Å². The van der Waals surface area contributed by atoms with Crippen LogP contribution < -0.4 is 5.32 Å². The summed E-state index contributed by atoms with van der Waals surface area (Å²) in [6, 6.07) is 0. The molecule has 1 N–H and O–H groups in total. The first kappa shape index (κ1) is 7.91. The van der Waals surface area contributed by atoms with E-state index in [-0.39, 0.29) is 0 Å². The van der Waals surface area contributed by atoms with Crippen LogP contribution in [0.5, 0.6) is 0 Å². The van der Waals surface area contributed by atoms with Gasteiger partial charge in [0.2, 0.25) is 0 Å². The summed E-state index contributed by atoms with van der Waals surface area (Å²) in [5, 5.41) is 4.33. The fourth-order valence-electron chi connectivity index (χ4n) is 1.36. The predicted molar refractivity (Wildman–Crippen MR) is 52.8 cm³/mol. The Bertz CT molecular complexity index is 236. The molecule has 5 heteroatoms. The van der Waals surface area contributed by atoms with E-state index in [1.54, 1.807) is 11.8 Å². The molecule has 0 radical (unpaired) electrons. The summed E-state index contributed by atoms with van der Waals surface area (Å²) in [5.74, 6) is 1.00. The summed E-state index contributed by atoms with van der Waals surface area (Å²) < 4.78 is 0. The van der Waals surface area contributed by atoms with E-state index in [2.05, 4.69) is 20.2 Å². The van der Waals surface area contributed by atoms with E-state index in [1.807, 2.05) is 6.26 Å². The Kier molecular flexibility index (Phi) is 2.21. The molecule has 0 atom stereocenters. The number of hydrogen-bond donors (Lipinski definition) is 1. The second-order valence-electron chi connectivity index (χ2n) is 2.65. The van der Waals surface area contributed by atoms with Crippen LogP contribution in [0.15, 0.2) is 9.98 Å². The summed E-state index contributed by atoms with van der Waals surface area (Å²) in [6.07, 6.45) is 2.05. The van der Waals surface area contributed by atoms with Crippen molar-refractivity contribution < 1.29 is 0 Å². The van der Waals surface area contributed by atoms with Crippen molar-refractivity contribution in [3.63, 3.8) is 0 Å². The minimum atomic E-state index is 0.896. The Morgan fingerprint density at radius 2 is 2.33 bits per heavy atom. The molecule has 0 saturated carbocycles. The maximum Gasteiger partial charge on any atom is 0.200 e. The third-order valence-electron chi connectivity index (χ3n) is 1.90. The van der Waals surface area contributed by atoms with Gasteiger partial charge in [-0.15, -0.1) is 0 Å². The molecule has 0 spiro atoms. The van der Waals surface area contributed by atoms with E-state index < -0.39 is 0 Å². The van der Waals surface area contributed by atoms with Crippen LogP contribution in [0, 0.1) is 0 Å². The maximum atomic E-state index is 4.36. The number of hydrogen-bond acceptors (Lipinski definition) is 5. The molecule has 0 saturated heterocycles. The van der Waals surface area contributed by atoms with Gasteiger partial charge in [-0.25, -0.2) is 0 Å². The van der Waals surface area contributed by atoms with Gasteiger partial charge >= 0.3 is 0 Å². The number of nitrogens with zero attached hydrogens (tertiary/aromatic N) is 3. The fourth-order valence-corrected chi connectivity index (χ4v) is 1.98. The van der Waals surface area contributed by atoms with Crippen LogP contribution in [0.1, 0.15) is 0 Å². The summed E-state index contributed by atoms with van der Waals surface area (Å²) in [4.78, 5) is 10.9. The van der Waals surface area contributed by atoms with Crippen LogP contribution in [-0.2, 0) is 0 Å². The van der Waals surface area contributed by atoms with E-state index >= 15 is 0 Å². The molecule has 0 aromatic carbocycles. The van der Waals surface area contributed by atoms with Crippen molar-refractivity contribution in [1.82, 2.24) is 10.2 Å². The Hall–Kier alpha value is -0.710. The standard InChI is InChI=1S/C7H12N4S/c1-12-7-10-4-5-11(7)6-8-2-3-9-6/h2-5H2,1H3,(H,8,9). The maximum absolute atomic E-state index is 4.36. The lowest BCUT2D eigenvalue weighted by atomic mass is 10.6. The highest BCUT2D eigenvalue weighted by atomic mass is 32.2. The molecule has 0 unspecified atom stereocenters. The van der Waals surface area contributed by atoms with Crippen LogP contribution in [-0.4, -0.2) is 48.5 Å². The second kappa shape index (κ2) is 3.35. The van der Waals surface area contributed by atoms with E-state index in [1.165, 1.54) is 0 Å².